The number of nitrogens with zero attached hydrogens (tertiary/aromatic N) is 2. The van der Waals surface area contributed by atoms with E-state index in [2.05, 4.69) is 16.9 Å². The highest BCUT2D eigenvalue weighted by molar-refractivity contribution is 6.29. The lowest BCUT2D eigenvalue weighted by molar-refractivity contribution is 0.346. The lowest BCUT2D eigenvalue weighted by atomic mass is 10.2. The molecular weight excluding hydrogens is 272 g/mol. The Morgan fingerprint density at radius 3 is 2.75 bits per heavy atom. The monoisotopic (exact) mass is 288 g/mol. The molecule has 0 aliphatic carbocycles. The highest BCUT2D eigenvalue weighted by atomic mass is 35.5. The third-order valence-electron chi connectivity index (χ3n) is 2.63. The van der Waals surface area contributed by atoms with Crippen molar-refractivity contribution in [1.29, 1.82) is 0 Å². The minimum atomic E-state index is 0.422. The summed E-state index contributed by atoms with van der Waals surface area (Å²) in [5.41, 5.74) is 1.14. The third kappa shape index (κ3) is 4.67. The van der Waals surface area contributed by atoms with Crippen molar-refractivity contribution in [2.45, 2.75) is 19.8 Å². The number of aromatic nitrogens is 2. The van der Waals surface area contributed by atoms with Gasteiger partial charge in [0.05, 0.1) is 0 Å². The van der Waals surface area contributed by atoms with Crippen LogP contribution in [-0.2, 0) is 6.42 Å². The summed E-state index contributed by atoms with van der Waals surface area (Å²) < 4.78 is 5.57. The molecule has 0 spiro atoms. The second-order valence-corrected chi connectivity index (χ2v) is 4.71. The Bertz CT molecular complexity index is 570. The van der Waals surface area contributed by atoms with Crippen LogP contribution in [-0.4, -0.2) is 16.6 Å². The lowest BCUT2D eigenvalue weighted by Gasteiger charge is -2.05. The molecule has 4 heteroatoms. The quantitative estimate of drug-likeness (QED) is 0.748. The molecule has 0 unspecified atom stereocenters. The van der Waals surface area contributed by atoms with Gasteiger partial charge in [0.15, 0.2) is 0 Å². The van der Waals surface area contributed by atoms with Gasteiger partial charge in [-0.25, -0.2) is 4.98 Å². The summed E-state index contributed by atoms with van der Waals surface area (Å²) in [7, 11) is 0. The van der Waals surface area contributed by atoms with Gasteiger partial charge in [0, 0.05) is 12.5 Å². The van der Waals surface area contributed by atoms with Crippen LogP contribution in [0.5, 0.6) is 5.88 Å². The van der Waals surface area contributed by atoms with Gasteiger partial charge in [0.1, 0.15) is 17.6 Å². The number of halogens is 1. The molecule has 0 aliphatic heterocycles. The molecule has 20 heavy (non-hydrogen) atoms. The fraction of sp³-hybridized carbons (Fsp3) is 0.250. The molecule has 104 valence electrons. The van der Waals surface area contributed by atoms with Crippen LogP contribution >= 0.6 is 11.6 Å². The summed E-state index contributed by atoms with van der Waals surface area (Å²) >= 11 is 5.95. The van der Waals surface area contributed by atoms with E-state index in [0.717, 1.165) is 24.2 Å². The summed E-state index contributed by atoms with van der Waals surface area (Å²) in [4.78, 5) is 8.47. The Morgan fingerprint density at radius 1 is 1.20 bits per heavy atom. The fourth-order valence-corrected chi connectivity index (χ4v) is 1.92. The molecule has 0 saturated carbocycles. The molecule has 0 saturated heterocycles. The zero-order valence-corrected chi connectivity index (χ0v) is 12.2. The second-order valence-electron chi connectivity index (χ2n) is 4.32. The zero-order chi connectivity index (χ0) is 14.2. The van der Waals surface area contributed by atoms with Crippen molar-refractivity contribution >= 4 is 17.7 Å². The molecule has 0 bridgehead atoms. The molecule has 1 aromatic heterocycles. The van der Waals surface area contributed by atoms with Crippen molar-refractivity contribution in [2.24, 2.45) is 0 Å². The number of benzene rings is 1. The number of rotatable bonds is 6. The smallest absolute Gasteiger partial charge is 0.218 e. The molecule has 1 heterocycles. The van der Waals surface area contributed by atoms with Crippen molar-refractivity contribution < 1.29 is 4.74 Å². The minimum Gasteiger partial charge on any atom is -0.473 e. The number of hydrogen-bond acceptors (Lipinski definition) is 3. The van der Waals surface area contributed by atoms with Crippen molar-refractivity contribution in [3.8, 4) is 5.88 Å². The Labute approximate surface area is 124 Å². The second kappa shape index (κ2) is 7.65. The first-order valence-corrected chi connectivity index (χ1v) is 7.03. The van der Waals surface area contributed by atoms with Crippen LogP contribution in [0.4, 0.5) is 0 Å². The van der Waals surface area contributed by atoms with Crippen LogP contribution in [0.25, 0.3) is 6.08 Å². The SMILES string of the molecule is CCCc1nc(Cl)cc(OC/C=C/c2ccccc2)n1. The average Bonchev–Trinajstić information content (AvgIpc) is 2.45. The summed E-state index contributed by atoms with van der Waals surface area (Å²) in [5, 5.41) is 0.422. The van der Waals surface area contributed by atoms with Gasteiger partial charge in [-0.05, 0) is 18.1 Å². The van der Waals surface area contributed by atoms with Gasteiger partial charge in [-0.2, -0.15) is 4.98 Å². The molecule has 3 nitrogen and oxygen atoms in total. The van der Waals surface area contributed by atoms with E-state index in [4.69, 9.17) is 16.3 Å². The molecule has 0 N–H and O–H groups in total. The Balaban J connectivity index is 1.92. The van der Waals surface area contributed by atoms with Crippen molar-refractivity contribution in [2.75, 3.05) is 6.61 Å². The highest BCUT2D eigenvalue weighted by Gasteiger charge is 2.02. The standard InChI is InChI=1S/C16H17ClN2O/c1-2-7-15-18-14(17)12-16(19-15)20-11-6-10-13-8-4-3-5-9-13/h3-6,8-10,12H,2,7,11H2,1H3/b10-6+. The van der Waals surface area contributed by atoms with Gasteiger partial charge in [0.25, 0.3) is 0 Å². The van der Waals surface area contributed by atoms with E-state index in [1.807, 2.05) is 42.5 Å². The Hall–Kier alpha value is -1.87. The zero-order valence-electron chi connectivity index (χ0n) is 11.4. The maximum Gasteiger partial charge on any atom is 0.218 e. The number of ether oxygens (including phenoxy) is 1. The van der Waals surface area contributed by atoms with Crippen LogP contribution in [0.2, 0.25) is 5.15 Å². The molecule has 0 aliphatic rings. The topological polar surface area (TPSA) is 35.0 Å². The maximum absolute atomic E-state index is 5.95. The first-order chi connectivity index (χ1) is 9.78. The normalized spacial score (nSPS) is 10.9. The molecule has 0 fully saturated rings. The van der Waals surface area contributed by atoms with E-state index in [-0.39, 0.29) is 0 Å². The molecule has 2 rings (SSSR count). The molecule has 1 aromatic carbocycles. The average molecular weight is 289 g/mol. The maximum atomic E-state index is 5.95. The van der Waals surface area contributed by atoms with Crippen LogP contribution in [0.1, 0.15) is 24.7 Å². The van der Waals surface area contributed by atoms with Crippen LogP contribution in [0.3, 0.4) is 0 Å². The van der Waals surface area contributed by atoms with Crippen LogP contribution in [0, 0.1) is 0 Å². The van der Waals surface area contributed by atoms with Gasteiger partial charge in [0.2, 0.25) is 5.88 Å². The third-order valence-corrected chi connectivity index (χ3v) is 2.82. The lowest BCUT2D eigenvalue weighted by Crippen LogP contribution is -2.01. The van der Waals surface area contributed by atoms with E-state index in [9.17, 15) is 0 Å². The number of hydrogen-bond donors (Lipinski definition) is 0. The van der Waals surface area contributed by atoms with E-state index in [1.54, 1.807) is 6.07 Å². The van der Waals surface area contributed by atoms with Gasteiger partial charge in [-0.3, -0.25) is 0 Å². The Kier molecular flexibility index (Phi) is 5.56. The summed E-state index contributed by atoms with van der Waals surface area (Å²) in [5.74, 6) is 1.24. The highest BCUT2D eigenvalue weighted by Crippen LogP contribution is 2.14. The first kappa shape index (κ1) is 14.5. The molecular formula is C16H17ClN2O. The first-order valence-electron chi connectivity index (χ1n) is 6.66. The van der Waals surface area contributed by atoms with E-state index in [0.29, 0.717) is 17.6 Å². The van der Waals surface area contributed by atoms with Crippen molar-refractivity contribution in [3.05, 3.63) is 59.0 Å². The Morgan fingerprint density at radius 2 is 2.00 bits per heavy atom. The van der Waals surface area contributed by atoms with Crippen molar-refractivity contribution in [1.82, 2.24) is 9.97 Å². The molecule has 0 amide bonds. The largest absolute Gasteiger partial charge is 0.473 e. The predicted octanol–water partition coefficient (Wildman–Crippen LogP) is 4.17. The van der Waals surface area contributed by atoms with Gasteiger partial charge in [-0.1, -0.05) is 54.9 Å². The minimum absolute atomic E-state index is 0.422. The van der Waals surface area contributed by atoms with E-state index >= 15 is 0 Å². The fourth-order valence-electron chi connectivity index (χ4n) is 1.73. The predicted molar refractivity (Wildman–Crippen MR) is 82.0 cm³/mol. The summed E-state index contributed by atoms with van der Waals surface area (Å²) in [6.45, 7) is 2.53. The molecule has 0 radical (unpaired) electrons. The van der Waals surface area contributed by atoms with Gasteiger partial charge < -0.3 is 4.74 Å². The summed E-state index contributed by atoms with van der Waals surface area (Å²) in [6, 6.07) is 11.7. The van der Waals surface area contributed by atoms with Gasteiger partial charge >= 0.3 is 0 Å². The number of aryl methyl sites for hydroxylation is 1. The molecule has 2 aromatic rings. The summed E-state index contributed by atoms with van der Waals surface area (Å²) in [6.07, 6.45) is 5.74. The van der Waals surface area contributed by atoms with Crippen LogP contribution in [0.15, 0.2) is 42.5 Å². The van der Waals surface area contributed by atoms with Gasteiger partial charge in [-0.15, -0.1) is 0 Å². The van der Waals surface area contributed by atoms with Crippen LogP contribution < -0.4 is 4.74 Å². The van der Waals surface area contributed by atoms with Crippen molar-refractivity contribution in [3.63, 3.8) is 0 Å². The molecule has 0 atom stereocenters. The van der Waals surface area contributed by atoms with E-state index < -0.39 is 0 Å². The van der Waals surface area contributed by atoms with E-state index in [1.165, 1.54) is 0 Å².